The molecule has 0 fully saturated rings. The summed E-state index contributed by atoms with van der Waals surface area (Å²) in [5, 5.41) is 8.54. The van der Waals surface area contributed by atoms with Crippen molar-refractivity contribution in [2.45, 2.75) is 33.4 Å². The van der Waals surface area contributed by atoms with Crippen LogP contribution in [0.25, 0.3) is 6.08 Å². The minimum Gasteiger partial charge on any atom is -0.478 e. The maximum atomic E-state index is 14.0. The second-order valence-electron chi connectivity index (χ2n) is 5.42. The third-order valence-electron chi connectivity index (χ3n) is 3.58. The van der Waals surface area contributed by atoms with E-state index in [1.54, 1.807) is 12.1 Å². The Bertz CT molecular complexity index is 497. The van der Waals surface area contributed by atoms with Gasteiger partial charge in [0, 0.05) is 24.2 Å². The average Bonchev–Trinajstić information content (AvgIpc) is 2.37. The van der Waals surface area contributed by atoms with Gasteiger partial charge >= 0.3 is 5.97 Å². The summed E-state index contributed by atoms with van der Waals surface area (Å²) in [4.78, 5) is 12.5. The fourth-order valence-corrected chi connectivity index (χ4v) is 1.88. The quantitative estimate of drug-likeness (QED) is 0.811. The van der Waals surface area contributed by atoms with Crippen LogP contribution in [0.4, 0.5) is 4.39 Å². The van der Waals surface area contributed by atoms with Gasteiger partial charge in [-0.15, -0.1) is 0 Å². The fraction of sp³-hybridized carbons (Fsp3) is 0.438. The van der Waals surface area contributed by atoms with Crippen LogP contribution in [-0.2, 0) is 11.3 Å². The van der Waals surface area contributed by atoms with Gasteiger partial charge in [0.1, 0.15) is 5.82 Å². The molecule has 0 aliphatic carbocycles. The monoisotopic (exact) mass is 279 g/mol. The number of carbonyl (C=O) groups is 1. The molecule has 1 aromatic rings. The molecule has 1 rings (SSSR count). The van der Waals surface area contributed by atoms with Gasteiger partial charge in [-0.05, 0) is 37.6 Å². The molecule has 1 atom stereocenters. The first-order valence-electron chi connectivity index (χ1n) is 6.71. The molecule has 0 aliphatic heterocycles. The summed E-state index contributed by atoms with van der Waals surface area (Å²) in [6, 6.07) is 5.16. The van der Waals surface area contributed by atoms with Crippen molar-refractivity contribution in [2.24, 2.45) is 5.92 Å². The van der Waals surface area contributed by atoms with Crippen molar-refractivity contribution in [2.75, 3.05) is 7.05 Å². The second-order valence-corrected chi connectivity index (χ2v) is 5.42. The number of rotatable bonds is 6. The molecule has 1 aromatic carbocycles. The lowest BCUT2D eigenvalue weighted by atomic mass is 10.0. The number of benzene rings is 1. The molecule has 110 valence electrons. The van der Waals surface area contributed by atoms with Crippen LogP contribution in [0.1, 0.15) is 31.9 Å². The van der Waals surface area contributed by atoms with Crippen LogP contribution in [0.2, 0.25) is 0 Å². The van der Waals surface area contributed by atoms with Crippen molar-refractivity contribution in [3.05, 3.63) is 41.2 Å². The molecular weight excluding hydrogens is 257 g/mol. The Morgan fingerprint density at radius 2 is 2.05 bits per heavy atom. The normalized spacial score (nSPS) is 13.3. The molecule has 0 amide bonds. The van der Waals surface area contributed by atoms with Crippen LogP contribution in [-0.4, -0.2) is 29.1 Å². The van der Waals surface area contributed by atoms with Gasteiger partial charge in [0.25, 0.3) is 0 Å². The lowest BCUT2D eigenvalue weighted by Crippen LogP contribution is -2.32. The zero-order valence-electron chi connectivity index (χ0n) is 12.4. The maximum Gasteiger partial charge on any atom is 0.328 e. The van der Waals surface area contributed by atoms with Crippen LogP contribution in [0.3, 0.4) is 0 Å². The molecular formula is C16H22FNO2. The first-order valence-corrected chi connectivity index (χ1v) is 6.71. The van der Waals surface area contributed by atoms with Crippen molar-refractivity contribution in [1.29, 1.82) is 0 Å². The first-order chi connectivity index (χ1) is 9.31. The molecule has 0 saturated carbocycles. The molecule has 1 N–H and O–H groups in total. The lowest BCUT2D eigenvalue weighted by Gasteiger charge is -2.28. The van der Waals surface area contributed by atoms with Gasteiger partial charge in [-0.25, -0.2) is 9.18 Å². The molecule has 3 nitrogen and oxygen atoms in total. The summed E-state index contributed by atoms with van der Waals surface area (Å²) in [7, 11) is 1.97. The average molecular weight is 279 g/mol. The Labute approximate surface area is 119 Å². The highest BCUT2D eigenvalue weighted by Gasteiger charge is 2.14. The van der Waals surface area contributed by atoms with Gasteiger partial charge < -0.3 is 5.11 Å². The molecule has 0 aromatic heterocycles. The fourth-order valence-electron chi connectivity index (χ4n) is 1.88. The third-order valence-corrected chi connectivity index (χ3v) is 3.58. The summed E-state index contributed by atoms with van der Waals surface area (Å²) in [5.74, 6) is -0.846. The number of carboxylic acids is 1. The van der Waals surface area contributed by atoms with E-state index in [4.69, 9.17) is 5.11 Å². The van der Waals surface area contributed by atoms with E-state index in [-0.39, 0.29) is 5.82 Å². The molecule has 1 unspecified atom stereocenters. The summed E-state index contributed by atoms with van der Waals surface area (Å²) in [6.07, 6.45) is 2.39. The number of nitrogens with zero attached hydrogens (tertiary/aromatic N) is 1. The second kappa shape index (κ2) is 7.20. The predicted molar refractivity (Wildman–Crippen MR) is 78.8 cm³/mol. The highest BCUT2D eigenvalue weighted by Crippen LogP contribution is 2.16. The van der Waals surface area contributed by atoms with Crippen molar-refractivity contribution < 1.29 is 14.3 Å². The molecule has 0 heterocycles. The largest absolute Gasteiger partial charge is 0.478 e. The number of aliphatic carboxylic acids is 1. The zero-order chi connectivity index (χ0) is 15.3. The Kier molecular flexibility index (Phi) is 5.89. The highest BCUT2D eigenvalue weighted by atomic mass is 19.1. The van der Waals surface area contributed by atoms with Crippen LogP contribution in [0.15, 0.2) is 24.3 Å². The molecule has 0 aliphatic rings. The molecule has 0 spiro atoms. The summed E-state index contributed by atoms with van der Waals surface area (Å²) in [5.41, 5.74) is 1.17. The Morgan fingerprint density at radius 3 is 2.55 bits per heavy atom. The molecule has 0 radical (unpaired) electrons. The van der Waals surface area contributed by atoms with E-state index in [9.17, 15) is 9.18 Å². The standard InChI is InChI=1S/C16H22FNO2/c1-11(2)12(3)18(4)10-14-7-5-13(9-15(14)17)6-8-16(19)20/h5-9,11-12H,10H2,1-4H3,(H,19,20). The molecule has 0 bridgehead atoms. The van der Waals surface area contributed by atoms with Crippen molar-refractivity contribution in [1.82, 2.24) is 4.90 Å². The highest BCUT2D eigenvalue weighted by molar-refractivity contribution is 5.85. The Balaban J connectivity index is 2.81. The number of carboxylic acid groups (broad SMARTS) is 1. The molecule has 0 saturated heterocycles. The maximum absolute atomic E-state index is 14.0. The van der Waals surface area contributed by atoms with Gasteiger partial charge in [0.15, 0.2) is 0 Å². The molecule has 20 heavy (non-hydrogen) atoms. The summed E-state index contributed by atoms with van der Waals surface area (Å²) < 4.78 is 14.0. The van der Waals surface area contributed by atoms with Crippen LogP contribution in [0.5, 0.6) is 0 Å². The lowest BCUT2D eigenvalue weighted by molar-refractivity contribution is -0.131. The number of hydrogen-bond donors (Lipinski definition) is 1. The van der Waals surface area contributed by atoms with Gasteiger partial charge in [-0.3, -0.25) is 4.90 Å². The van der Waals surface area contributed by atoms with E-state index in [1.807, 2.05) is 7.05 Å². The minimum atomic E-state index is -1.04. The van der Waals surface area contributed by atoms with Gasteiger partial charge in [-0.2, -0.15) is 0 Å². The summed E-state index contributed by atoms with van der Waals surface area (Å²) in [6.45, 7) is 6.93. The van der Waals surface area contributed by atoms with E-state index in [0.717, 1.165) is 6.08 Å². The predicted octanol–water partition coefficient (Wildman–Crippen LogP) is 3.40. The van der Waals surface area contributed by atoms with Crippen molar-refractivity contribution in [3.8, 4) is 0 Å². The SMILES string of the molecule is CC(C)C(C)N(C)Cc1ccc(C=CC(=O)O)cc1F. The van der Waals surface area contributed by atoms with E-state index >= 15 is 0 Å². The van der Waals surface area contributed by atoms with Gasteiger partial charge in [-0.1, -0.05) is 26.0 Å². The van der Waals surface area contributed by atoms with E-state index < -0.39 is 5.97 Å². The van der Waals surface area contributed by atoms with Crippen LogP contribution >= 0.6 is 0 Å². The van der Waals surface area contributed by atoms with Crippen LogP contribution in [0, 0.1) is 11.7 Å². The first kappa shape index (κ1) is 16.4. The van der Waals surface area contributed by atoms with Crippen molar-refractivity contribution >= 4 is 12.0 Å². The van der Waals surface area contributed by atoms with Gasteiger partial charge in [0.05, 0.1) is 0 Å². The Morgan fingerprint density at radius 1 is 1.40 bits per heavy atom. The van der Waals surface area contributed by atoms with E-state index in [2.05, 4.69) is 25.7 Å². The van der Waals surface area contributed by atoms with E-state index in [0.29, 0.717) is 29.6 Å². The van der Waals surface area contributed by atoms with E-state index in [1.165, 1.54) is 12.1 Å². The Hall–Kier alpha value is -1.68. The molecule has 4 heteroatoms. The van der Waals surface area contributed by atoms with Crippen LogP contribution < -0.4 is 0 Å². The third kappa shape index (κ3) is 4.78. The smallest absolute Gasteiger partial charge is 0.328 e. The number of halogens is 1. The minimum absolute atomic E-state index is 0.305. The topological polar surface area (TPSA) is 40.5 Å². The summed E-state index contributed by atoms with van der Waals surface area (Å²) >= 11 is 0. The van der Waals surface area contributed by atoms with Gasteiger partial charge in [0.2, 0.25) is 0 Å². The zero-order valence-corrected chi connectivity index (χ0v) is 12.4. The van der Waals surface area contributed by atoms with Crippen molar-refractivity contribution in [3.63, 3.8) is 0 Å². The number of hydrogen-bond acceptors (Lipinski definition) is 2.